The molecule has 0 saturated carbocycles. The van der Waals surface area contributed by atoms with E-state index in [4.69, 9.17) is 5.73 Å². The Morgan fingerprint density at radius 1 is 1.40 bits per heavy atom. The number of nitrogens with one attached hydrogen (secondary N) is 2. The lowest BCUT2D eigenvalue weighted by atomic mass is 9.97. The standard InChI is InChI=1S/C12H22N4O4/c1-20-12(19)15-10(17)8-16-6-2-3-9(7-16)11(18)14-5-4-13/h9H,2-8,13H2,1H3,(H,14,18)(H,15,17,19). The molecule has 4 N–H and O–H groups in total. The summed E-state index contributed by atoms with van der Waals surface area (Å²) in [6.07, 6.45) is 0.863. The van der Waals surface area contributed by atoms with Crippen molar-refractivity contribution in [3.8, 4) is 0 Å². The Labute approximate surface area is 118 Å². The normalized spacial score (nSPS) is 19.2. The van der Waals surface area contributed by atoms with Crippen LogP contribution in [0.25, 0.3) is 0 Å². The van der Waals surface area contributed by atoms with Crippen LogP contribution in [0.3, 0.4) is 0 Å². The number of carbonyl (C=O) groups excluding carboxylic acids is 3. The number of methoxy groups -OCH3 is 1. The number of hydrogen-bond acceptors (Lipinski definition) is 6. The highest BCUT2D eigenvalue weighted by atomic mass is 16.5. The van der Waals surface area contributed by atoms with Crippen molar-refractivity contribution in [1.29, 1.82) is 0 Å². The maximum absolute atomic E-state index is 11.8. The van der Waals surface area contributed by atoms with Crippen LogP contribution in [-0.4, -0.2) is 62.6 Å². The molecule has 8 heteroatoms. The number of imide groups is 1. The first kappa shape index (κ1) is 16.4. The van der Waals surface area contributed by atoms with E-state index in [9.17, 15) is 14.4 Å². The van der Waals surface area contributed by atoms with Gasteiger partial charge < -0.3 is 15.8 Å². The topological polar surface area (TPSA) is 114 Å². The second-order valence-corrected chi connectivity index (χ2v) is 4.69. The second kappa shape index (κ2) is 8.49. The van der Waals surface area contributed by atoms with Crippen LogP contribution >= 0.6 is 0 Å². The van der Waals surface area contributed by atoms with Gasteiger partial charge >= 0.3 is 6.09 Å². The Hall–Kier alpha value is -1.67. The van der Waals surface area contributed by atoms with E-state index in [0.717, 1.165) is 19.4 Å². The van der Waals surface area contributed by atoms with Crippen LogP contribution in [0.5, 0.6) is 0 Å². The minimum absolute atomic E-state index is 0.0338. The van der Waals surface area contributed by atoms with Gasteiger partial charge in [-0.3, -0.25) is 19.8 Å². The third-order valence-corrected chi connectivity index (χ3v) is 3.11. The molecule has 1 unspecified atom stereocenters. The van der Waals surface area contributed by atoms with E-state index in [0.29, 0.717) is 19.6 Å². The Morgan fingerprint density at radius 2 is 2.15 bits per heavy atom. The van der Waals surface area contributed by atoms with E-state index in [1.54, 1.807) is 0 Å². The van der Waals surface area contributed by atoms with Crippen LogP contribution in [0.1, 0.15) is 12.8 Å². The van der Waals surface area contributed by atoms with Crippen molar-refractivity contribution in [1.82, 2.24) is 15.5 Å². The number of ether oxygens (including phenoxy) is 1. The summed E-state index contributed by atoms with van der Waals surface area (Å²) in [6, 6.07) is 0. The van der Waals surface area contributed by atoms with Gasteiger partial charge in [-0.25, -0.2) is 4.79 Å². The fraction of sp³-hybridized carbons (Fsp3) is 0.750. The van der Waals surface area contributed by atoms with Crippen LogP contribution < -0.4 is 16.4 Å². The number of hydrogen-bond donors (Lipinski definition) is 3. The third kappa shape index (κ3) is 5.54. The molecule has 0 bridgehead atoms. The van der Waals surface area contributed by atoms with Crippen LogP contribution in [0.15, 0.2) is 0 Å². The summed E-state index contributed by atoms with van der Waals surface area (Å²) < 4.78 is 4.35. The van der Waals surface area contributed by atoms with E-state index in [-0.39, 0.29) is 18.4 Å². The zero-order chi connectivity index (χ0) is 15.0. The van der Waals surface area contributed by atoms with Gasteiger partial charge in [0.05, 0.1) is 19.6 Å². The van der Waals surface area contributed by atoms with Gasteiger partial charge in [-0.05, 0) is 19.4 Å². The summed E-state index contributed by atoms with van der Waals surface area (Å²) in [5, 5.41) is 4.85. The second-order valence-electron chi connectivity index (χ2n) is 4.69. The molecule has 1 fully saturated rings. The van der Waals surface area contributed by atoms with Gasteiger partial charge in [0.2, 0.25) is 11.8 Å². The SMILES string of the molecule is COC(=O)NC(=O)CN1CCCC(C(=O)NCCN)C1. The summed E-state index contributed by atoms with van der Waals surface area (Å²) in [5.74, 6) is -0.602. The largest absolute Gasteiger partial charge is 0.453 e. The quantitative estimate of drug-likeness (QED) is 0.576. The van der Waals surface area contributed by atoms with Crippen LogP contribution in [0.2, 0.25) is 0 Å². The van der Waals surface area contributed by atoms with Gasteiger partial charge in [0.15, 0.2) is 0 Å². The predicted octanol–water partition coefficient (Wildman–Crippen LogP) is -1.34. The molecule has 0 spiro atoms. The molecule has 3 amide bonds. The Bertz CT molecular complexity index is 361. The fourth-order valence-corrected chi connectivity index (χ4v) is 2.16. The molecular weight excluding hydrogens is 264 g/mol. The number of likely N-dealkylation sites (tertiary alicyclic amines) is 1. The number of piperidine rings is 1. The van der Waals surface area contributed by atoms with Crippen molar-refractivity contribution < 1.29 is 19.1 Å². The van der Waals surface area contributed by atoms with Crippen molar-refractivity contribution in [2.24, 2.45) is 11.7 Å². The molecule has 1 aliphatic heterocycles. The Balaban J connectivity index is 2.38. The molecular formula is C12H22N4O4. The minimum atomic E-state index is -0.774. The van der Waals surface area contributed by atoms with E-state index in [1.165, 1.54) is 7.11 Å². The molecule has 0 aromatic rings. The molecule has 1 saturated heterocycles. The summed E-state index contributed by atoms with van der Waals surface area (Å²) in [6.45, 7) is 2.18. The first-order valence-electron chi connectivity index (χ1n) is 6.64. The van der Waals surface area contributed by atoms with Crippen molar-refractivity contribution in [2.45, 2.75) is 12.8 Å². The van der Waals surface area contributed by atoms with Gasteiger partial charge in [0.1, 0.15) is 0 Å². The summed E-state index contributed by atoms with van der Waals surface area (Å²) in [4.78, 5) is 36.2. The molecule has 1 atom stereocenters. The van der Waals surface area contributed by atoms with Gasteiger partial charge in [0, 0.05) is 19.6 Å². The van der Waals surface area contributed by atoms with E-state index in [2.05, 4.69) is 15.4 Å². The van der Waals surface area contributed by atoms with Crippen LogP contribution in [0.4, 0.5) is 4.79 Å². The molecule has 0 aliphatic carbocycles. The van der Waals surface area contributed by atoms with Gasteiger partial charge in [0.25, 0.3) is 0 Å². The molecule has 0 radical (unpaired) electrons. The number of nitrogens with zero attached hydrogens (tertiary/aromatic N) is 1. The van der Waals surface area contributed by atoms with E-state index in [1.807, 2.05) is 4.90 Å². The van der Waals surface area contributed by atoms with Crippen molar-refractivity contribution >= 4 is 17.9 Å². The van der Waals surface area contributed by atoms with Gasteiger partial charge in [-0.2, -0.15) is 0 Å². The highest BCUT2D eigenvalue weighted by molar-refractivity contribution is 5.92. The summed E-state index contributed by atoms with van der Waals surface area (Å²) >= 11 is 0. The molecule has 8 nitrogen and oxygen atoms in total. The molecule has 1 rings (SSSR count). The zero-order valence-corrected chi connectivity index (χ0v) is 11.7. The van der Waals surface area contributed by atoms with Crippen LogP contribution in [0, 0.1) is 5.92 Å². The molecule has 1 heterocycles. The fourth-order valence-electron chi connectivity index (χ4n) is 2.16. The molecule has 1 aliphatic rings. The van der Waals surface area contributed by atoms with E-state index < -0.39 is 12.0 Å². The van der Waals surface area contributed by atoms with Gasteiger partial charge in [-0.15, -0.1) is 0 Å². The molecule has 0 aromatic carbocycles. The Morgan fingerprint density at radius 3 is 2.80 bits per heavy atom. The predicted molar refractivity (Wildman–Crippen MR) is 71.8 cm³/mol. The summed E-state index contributed by atoms with van der Waals surface area (Å²) in [5.41, 5.74) is 5.34. The Kier molecular flexibility index (Phi) is 6.96. The lowest BCUT2D eigenvalue weighted by molar-refractivity contribution is -0.128. The first-order valence-corrected chi connectivity index (χ1v) is 6.64. The number of amides is 3. The van der Waals surface area contributed by atoms with Crippen molar-refractivity contribution in [3.63, 3.8) is 0 Å². The monoisotopic (exact) mass is 286 g/mol. The van der Waals surface area contributed by atoms with Crippen LogP contribution in [-0.2, 0) is 14.3 Å². The average Bonchev–Trinajstić information content (AvgIpc) is 2.44. The first-order chi connectivity index (χ1) is 9.56. The minimum Gasteiger partial charge on any atom is -0.453 e. The number of carbonyl (C=O) groups is 3. The summed E-state index contributed by atoms with van der Waals surface area (Å²) in [7, 11) is 1.20. The zero-order valence-electron chi connectivity index (χ0n) is 11.7. The molecule has 114 valence electrons. The third-order valence-electron chi connectivity index (χ3n) is 3.11. The molecule has 20 heavy (non-hydrogen) atoms. The maximum atomic E-state index is 11.8. The highest BCUT2D eigenvalue weighted by Crippen LogP contribution is 2.16. The number of nitrogens with two attached hydrogens (primary N) is 1. The smallest absolute Gasteiger partial charge is 0.413 e. The van der Waals surface area contributed by atoms with Crippen molar-refractivity contribution in [3.05, 3.63) is 0 Å². The number of alkyl carbamates (subject to hydrolysis) is 1. The van der Waals surface area contributed by atoms with Crippen molar-refractivity contribution in [2.75, 3.05) is 39.8 Å². The molecule has 0 aromatic heterocycles. The lowest BCUT2D eigenvalue weighted by Gasteiger charge is -2.31. The maximum Gasteiger partial charge on any atom is 0.413 e. The average molecular weight is 286 g/mol. The highest BCUT2D eigenvalue weighted by Gasteiger charge is 2.26. The van der Waals surface area contributed by atoms with Gasteiger partial charge in [-0.1, -0.05) is 0 Å². The lowest BCUT2D eigenvalue weighted by Crippen LogP contribution is -2.47. The number of rotatable bonds is 5. The van der Waals surface area contributed by atoms with E-state index >= 15 is 0 Å².